The Morgan fingerprint density at radius 1 is 1.28 bits per heavy atom. The largest absolute Gasteiger partial charge is 0.326 e. The van der Waals surface area contributed by atoms with E-state index in [4.69, 9.17) is 0 Å². The van der Waals surface area contributed by atoms with Crippen LogP contribution in [0.4, 0.5) is 16.2 Å². The smallest absolute Gasteiger partial charge is 0.322 e. The molecular formula is C18H23N5O2. The van der Waals surface area contributed by atoms with E-state index in [0.29, 0.717) is 24.3 Å². The molecule has 0 unspecified atom stereocenters. The second-order valence-corrected chi connectivity index (χ2v) is 6.15. The zero-order chi connectivity index (χ0) is 17.6. The summed E-state index contributed by atoms with van der Waals surface area (Å²) < 4.78 is 0. The quantitative estimate of drug-likeness (QED) is 0.795. The molecule has 2 heterocycles. The molecular weight excluding hydrogens is 318 g/mol. The number of H-pyrrole nitrogens is 1. The zero-order valence-electron chi connectivity index (χ0n) is 14.3. The van der Waals surface area contributed by atoms with E-state index in [-0.39, 0.29) is 18.0 Å². The van der Waals surface area contributed by atoms with Crippen molar-refractivity contribution in [1.29, 1.82) is 0 Å². The van der Waals surface area contributed by atoms with Gasteiger partial charge in [-0.25, -0.2) is 4.79 Å². The number of carbonyl (C=O) groups is 2. The molecule has 25 heavy (non-hydrogen) atoms. The maximum atomic E-state index is 12.8. The van der Waals surface area contributed by atoms with E-state index in [1.165, 1.54) is 0 Å². The van der Waals surface area contributed by atoms with E-state index in [9.17, 15) is 9.59 Å². The van der Waals surface area contributed by atoms with Crippen LogP contribution in [0.25, 0.3) is 0 Å². The van der Waals surface area contributed by atoms with E-state index in [2.05, 4.69) is 20.8 Å². The molecule has 1 aromatic heterocycles. The molecule has 3 N–H and O–H groups in total. The minimum absolute atomic E-state index is 0.0375. The van der Waals surface area contributed by atoms with E-state index in [0.717, 1.165) is 24.8 Å². The number of benzene rings is 1. The van der Waals surface area contributed by atoms with Crippen molar-refractivity contribution < 1.29 is 9.59 Å². The maximum absolute atomic E-state index is 12.8. The molecule has 1 aliphatic rings. The summed E-state index contributed by atoms with van der Waals surface area (Å²) in [6.07, 6.45) is 7.05. The monoisotopic (exact) mass is 341 g/mol. The summed E-state index contributed by atoms with van der Waals surface area (Å²) in [6, 6.07) is 7.10. The molecule has 3 amide bonds. The fourth-order valence-corrected chi connectivity index (χ4v) is 3.08. The van der Waals surface area contributed by atoms with E-state index < -0.39 is 0 Å². The van der Waals surface area contributed by atoms with E-state index in [1.807, 2.05) is 23.2 Å². The maximum Gasteiger partial charge on any atom is 0.322 e. The topological polar surface area (TPSA) is 90.1 Å². The number of hydrogen-bond donors (Lipinski definition) is 3. The normalized spacial score (nSPS) is 17.2. The molecule has 3 rings (SSSR count). The van der Waals surface area contributed by atoms with Crippen molar-refractivity contribution in [1.82, 2.24) is 15.1 Å². The Morgan fingerprint density at radius 3 is 2.80 bits per heavy atom. The van der Waals surface area contributed by atoms with Crippen LogP contribution in [-0.2, 0) is 4.79 Å². The van der Waals surface area contributed by atoms with Crippen molar-refractivity contribution in [2.24, 2.45) is 0 Å². The van der Waals surface area contributed by atoms with Gasteiger partial charge in [0.1, 0.15) is 0 Å². The van der Waals surface area contributed by atoms with Crippen molar-refractivity contribution in [2.45, 2.75) is 38.6 Å². The van der Waals surface area contributed by atoms with Gasteiger partial charge in [-0.15, -0.1) is 0 Å². The average Bonchev–Trinajstić information content (AvgIpc) is 3.16. The molecule has 1 aromatic carbocycles. The Labute approximate surface area is 146 Å². The summed E-state index contributed by atoms with van der Waals surface area (Å²) in [5, 5.41) is 12.6. The number of urea groups is 1. The Balaban J connectivity index is 1.70. The predicted octanol–water partition coefficient (Wildman–Crippen LogP) is 3.52. The van der Waals surface area contributed by atoms with Gasteiger partial charge in [-0.2, -0.15) is 5.10 Å². The summed E-state index contributed by atoms with van der Waals surface area (Å²) in [5.41, 5.74) is 2.36. The molecule has 1 atom stereocenters. The van der Waals surface area contributed by atoms with Crippen LogP contribution in [0.2, 0.25) is 0 Å². The lowest BCUT2D eigenvalue weighted by Gasteiger charge is -2.35. The summed E-state index contributed by atoms with van der Waals surface area (Å²) >= 11 is 0. The SMILES string of the molecule is CCC(=O)Nc1cccc(NC(=O)N2CCCC[C@@H]2c2cn[nH]c2)c1. The summed E-state index contributed by atoms with van der Waals surface area (Å²) in [6.45, 7) is 2.52. The van der Waals surface area contributed by atoms with Gasteiger partial charge >= 0.3 is 6.03 Å². The lowest BCUT2D eigenvalue weighted by molar-refractivity contribution is -0.115. The second-order valence-electron chi connectivity index (χ2n) is 6.15. The van der Waals surface area contributed by atoms with Crippen LogP contribution in [0.1, 0.15) is 44.2 Å². The molecule has 132 valence electrons. The highest BCUT2D eigenvalue weighted by Crippen LogP contribution is 2.31. The highest BCUT2D eigenvalue weighted by molar-refractivity contribution is 5.93. The molecule has 0 radical (unpaired) electrons. The zero-order valence-corrected chi connectivity index (χ0v) is 14.3. The Bertz CT molecular complexity index is 729. The molecule has 0 aliphatic carbocycles. The number of aromatic amines is 1. The number of aromatic nitrogens is 2. The fraction of sp³-hybridized carbons (Fsp3) is 0.389. The van der Waals surface area contributed by atoms with Crippen molar-refractivity contribution in [2.75, 3.05) is 17.2 Å². The van der Waals surface area contributed by atoms with Gasteiger partial charge in [0.25, 0.3) is 0 Å². The predicted molar refractivity (Wildman–Crippen MR) is 96.3 cm³/mol. The lowest BCUT2D eigenvalue weighted by Crippen LogP contribution is -2.41. The lowest BCUT2D eigenvalue weighted by atomic mass is 9.98. The Morgan fingerprint density at radius 2 is 2.08 bits per heavy atom. The number of amides is 3. The van der Waals surface area contributed by atoms with Crippen LogP contribution in [-0.4, -0.2) is 33.6 Å². The number of hydrogen-bond acceptors (Lipinski definition) is 3. The minimum atomic E-state index is -0.134. The Kier molecular flexibility index (Phi) is 5.33. The van der Waals surface area contributed by atoms with Crippen LogP contribution in [0.5, 0.6) is 0 Å². The van der Waals surface area contributed by atoms with Gasteiger partial charge in [-0.05, 0) is 37.5 Å². The third-order valence-electron chi connectivity index (χ3n) is 4.39. The van der Waals surface area contributed by atoms with Crippen LogP contribution in [0.15, 0.2) is 36.7 Å². The number of nitrogens with one attached hydrogen (secondary N) is 3. The highest BCUT2D eigenvalue weighted by atomic mass is 16.2. The summed E-state index contributed by atoms with van der Waals surface area (Å²) in [5.74, 6) is -0.0560. The second kappa shape index (κ2) is 7.83. The van der Waals surface area contributed by atoms with E-state index in [1.54, 1.807) is 25.3 Å². The first kappa shape index (κ1) is 17.0. The van der Waals surface area contributed by atoms with Crippen LogP contribution in [0, 0.1) is 0 Å². The Hall–Kier alpha value is -2.83. The van der Waals surface area contributed by atoms with Crippen LogP contribution >= 0.6 is 0 Å². The number of likely N-dealkylation sites (tertiary alicyclic amines) is 1. The van der Waals surface area contributed by atoms with E-state index >= 15 is 0 Å². The van der Waals surface area contributed by atoms with Crippen molar-refractivity contribution in [3.8, 4) is 0 Å². The highest BCUT2D eigenvalue weighted by Gasteiger charge is 2.28. The number of piperidine rings is 1. The van der Waals surface area contributed by atoms with Gasteiger partial charge in [-0.1, -0.05) is 13.0 Å². The molecule has 0 spiro atoms. The number of nitrogens with zero attached hydrogens (tertiary/aromatic N) is 2. The average molecular weight is 341 g/mol. The number of carbonyl (C=O) groups excluding carboxylic acids is 2. The molecule has 0 bridgehead atoms. The van der Waals surface area contributed by atoms with Crippen molar-refractivity contribution >= 4 is 23.3 Å². The van der Waals surface area contributed by atoms with Crippen molar-refractivity contribution in [3.05, 3.63) is 42.2 Å². The first-order valence-electron chi connectivity index (χ1n) is 8.63. The van der Waals surface area contributed by atoms with Gasteiger partial charge in [0.2, 0.25) is 5.91 Å². The third kappa shape index (κ3) is 4.17. The van der Waals surface area contributed by atoms with Gasteiger partial charge in [0.05, 0.1) is 12.2 Å². The third-order valence-corrected chi connectivity index (χ3v) is 4.39. The van der Waals surface area contributed by atoms with Gasteiger partial charge in [0.15, 0.2) is 0 Å². The number of anilines is 2. The molecule has 2 aromatic rings. The molecule has 7 nitrogen and oxygen atoms in total. The molecule has 1 saturated heterocycles. The van der Waals surface area contributed by atoms with Gasteiger partial charge in [-0.3, -0.25) is 9.89 Å². The standard InChI is InChI=1S/C18H23N5O2/c1-2-17(24)21-14-6-5-7-15(10-14)22-18(25)23-9-4-3-8-16(23)13-11-19-20-12-13/h5-7,10-12,16H,2-4,8-9H2,1H3,(H,19,20)(H,21,24)(H,22,25)/t16-/m1/s1. The number of rotatable bonds is 4. The molecule has 1 fully saturated rings. The first-order chi connectivity index (χ1) is 12.2. The van der Waals surface area contributed by atoms with Gasteiger partial charge < -0.3 is 15.5 Å². The molecule has 1 aliphatic heterocycles. The first-order valence-corrected chi connectivity index (χ1v) is 8.63. The van der Waals surface area contributed by atoms with Crippen LogP contribution < -0.4 is 10.6 Å². The van der Waals surface area contributed by atoms with Crippen molar-refractivity contribution in [3.63, 3.8) is 0 Å². The summed E-state index contributed by atoms with van der Waals surface area (Å²) in [7, 11) is 0. The molecule has 0 saturated carbocycles. The van der Waals surface area contributed by atoms with Gasteiger partial charge in [0, 0.05) is 36.1 Å². The minimum Gasteiger partial charge on any atom is -0.326 e. The summed E-state index contributed by atoms with van der Waals surface area (Å²) in [4.78, 5) is 26.1. The molecule has 7 heteroatoms. The fourth-order valence-electron chi connectivity index (χ4n) is 3.08. The van der Waals surface area contributed by atoms with Crippen LogP contribution in [0.3, 0.4) is 0 Å².